The molecule has 0 amide bonds. The van der Waals surface area contributed by atoms with Crippen molar-refractivity contribution < 1.29 is 80.2 Å². The minimum absolute atomic E-state index is 0.101. The van der Waals surface area contributed by atoms with Gasteiger partial charge in [-0.1, -0.05) is 355 Å². The van der Waals surface area contributed by atoms with E-state index in [-0.39, 0.29) is 25.7 Å². The molecule has 0 aliphatic rings. The van der Waals surface area contributed by atoms with Crippen LogP contribution in [0, 0.1) is 11.8 Å². The molecule has 0 radical (unpaired) electrons. The first-order valence-corrected chi connectivity index (χ1v) is 44.8. The van der Waals surface area contributed by atoms with E-state index in [2.05, 4.69) is 65.8 Å². The summed E-state index contributed by atoms with van der Waals surface area (Å²) in [5.74, 6) is -0.518. The van der Waals surface area contributed by atoms with Gasteiger partial charge in [0.2, 0.25) is 0 Å². The molecule has 0 aromatic heterocycles. The second-order valence-electron chi connectivity index (χ2n) is 29.5. The highest BCUT2D eigenvalue weighted by Gasteiger charge is 2.30. The summed E-state index contributed by atoms with van der Waals surface area (Å²) in [6.07, 6.45) is 66.0. The number of esters is 4. The molecule has 596 valence electrons. The summed E-state index contributed by atoms with van der Waals surface area (Å²) in [7, 11) is -9.93. The molecule has 0 heterocycles. The molecule has 0 bridgehead atoms. The van der Waals surface area contributed by atoms with E-state index >= 15 is 0 Å². The average Bonchev–Trinajstić information content (AvgIpc) is 1.08. The van der Waals surface area contributed by atoms with Crippen LogP contribution in [0.15, 0.2) is 24.3 Å². The van der Waals surface area contributed by atoms with E-state index in [9.17, 15) is 43.2 Å². The van der Waals surface area contributed by atoms with E-state index in [4.69, 9.17) is 37.0 Å². The zero-order valence-corrected chi connectivity index (χ0v) is 67.5. The highest BCUT2D eigenvalue weighted by molar-refractivity contribution is 7.47. The first-order valence-electron chi connectivity index (χ1n) is 41.8. The Hall–Kier alpha value is -2.46. The topological polar surface area (TPSA) is 237 Å². The van der Waals surface area contributed by atoms with Crippen LogP contribution in [0.25, 0.3) is 0 Å². The van der Waals surface area contributed by atoms with Crippen LogP contribution in [0.2, 0.25) is 0 Å². The molecule has 101 heavy (non-hydrogen) atoms. The molecular weight excluding hydrogens is 1320 g/mol. The third-order valence-electron chi connectivity index (χ3n) is 18.9. The maximum atomic E-state index is 13.1. The van der Waals surface area contributed by atoms with Gasteiger partial charge in [0.15, 0.2) is 12.2 Å². The van der Waals surface area contributed by atoms with Gasteiger partial charge in [-0.25, -0.2) is 9.13 Å². The van der Waals surface area contributed by atoms with E-state index in [0.29, 0.717) is 25.7 Å². The second-order valence-corrected chi connectivity index (χ2v) is 32.5. The number of carbonyl (C=O) groups excluding carboxylic acids is 4. The summed E-state index contributed by atoms with van der Waals surface area (Å²) in [6.45, 7) is 9.62. The van der Waals surface area contributed by atoms with Gasteiger partial charge in [0.1, 0.15) is 19.3 Å². The number of aliphatic hydroxyl groups excluding tert-OH is 1. The molecule has 0 aromatic carbocycles. The zero-order valence-electron chi connectivity index (χ0n) is 65.7. The zero-order chi connectivity index (χ0) is 74.2. The van der Waals surface area contributed by atoms with Crippen LogP contribution in [0.1, 0.15) is 408 Å². The van der Waals surface area contributed by atoms with Crippen LogP contribution >= 0.6 is 15.6 Å². The Morgan fingerprint density at radius 2 is 0.584 bits per heavy atom. The molecule has 6 atom stereocenters. The minimum Gasteiger partial charge on any atom is -0.462 e. The van der Waals surface area contributed by atoms with Gasteiger partial charge in [0.05, 0.1) is 26.4 Å². The highest BCUT2D eigenvalue weighted by Crippen LogP contribution is 2.45. The smallest absolute Gasteiger partial charge is 0.462 e. The maximum absolute atomic E-state index is 13.1. The first kappa shape index (κ1) is 98.5. The van der Waals surface area contributed by atoms with Crippen molar-refractivity contribution in [2.75, 3.05) is 39.6 Å². The third-order valence-corrected chi connectivity index (χ3v) is 20.8. The SMILES string of the molecule is CCCCCC/C=C\C=C/CCCCCCCC(=O)OC[C@H](COP(=O)(O)OC[C@@H](O)COP(=O)(O)OC[C@@H](COC(=O)CCCCCCCCCCCCC)OC(=O)CCCCCCCCCCCCC(C)C)OC(=O)CCCCCCCCCCCCCCCCCCCCC(C)CC. The average molecular weight is 1480 g/mol. The highest BCUT2D eigenvalue weighted by atomic mass is 31.2. The molecule has 3 unspecified atom stereocenters. The van der Waals surface area contributed by atoms with Crippen LogP contribution in [0.4, 0.5) is 0 Å². The fourth-order valence-electron chi connectivity index (χ4n) is 12.1. The van der Waals surface area contributed by atoms with Crippen LogP contribution in [-0.4, -0.2) is 96.7 Å². The number of aliphatic hydroxyl groups is 1. The fraction of sp³-hybridized carbons (Fsp3) is 0.902. The fourth-order valence-corrected chi connectivity index (χ4v) is 13.7. The Balaban J connectivity index is 5.25. The molecule has 0 aliphatic heterocycles. The lowest BCUT2D eigenvalue weighted by atomic mass is 9.99. The van der Waals surface area contributed by atoms with E-state index in [1.165, 1.54) is 205 Å². The van der Waals surface area contributed by atoms with Crippen LogP contribution in [0.5, 0.6) is 0 Å². The lowest BCUT2D eigenvalue weighted by Gasteiger charge is -2.21. The Morgan fingerprint density at radius 3 is 0.891 bits per heavy atom. The Bertz CT molecular complexity index is 2040. The number of ether oxygens (including phenoxy) is 4. The molecule has 0 saturated carbocycles. The molecule has 19 heteroatoms. The summed E-state index contributed by atoms with van der Waals surface area (Å²) in [5.41, 5.74) is 0. The number of phosphoric ester groups is 2. The number of rotatable bonds is 79. The van der Waals surface area contributed by atoms with Crippen molar-refractivity contribution >= 4 is 39.5 Å². The summed E-state index contributed by atoms with van der Waals surface area (Å²) in [5, 5.41) is 10.6. The largest absolute Gasteiger partial charge is 0.472 e. The number of hydrogen-bond donors (Lipinski definition) is 3. The summed E-state index contributed by atoms with van der Waals surface area (Å²) < 4.78 is 68.7. The standard InChI is InChI=1S/C82H156O17P2/c1-7-10-12-14-16-18-20-21-26-30-34-41-47-53-59-65-80(85)93-71-77(98-81(86)66-60-54-48-42-35-31-28-25-23-22-24-27-29-33-39-45-51-57-63-75(6)9-3)72-96-100(88,89)94-68-76(83)69-95-101(90,91)97-73-78(70-92-79(84)64-58-52-46-40-32-19-17-15-13-11-8-2)99-82(87)67-61-55-49-43-37-36-38-44-50-56-62-74(4)5/h18,20-21,26,74-78,83H,7-17,19,22-25,27-73H2,1-6H3,(H,88,89)(H,90,91)/b20-18-,26-21-/t75?,76-,77-,78-/m1/s1. The van der Waals surface area contributed by atoms with Crippen LogP contribution in [-0.2, 0) is 65.4 Å². The predicted octanol–water partition coefficient (Wildman–Crippen LogP) is 24.2. The Kier molecular flexibility index (Phi) is 71.3. The monoisotopic (exact) mass is 1480 g/mol. The van der Waals surface area contributed by atoms with Crippen molar-refractivity contribution in [1.82, 2.24) is 0 Å². The molecule has 0 spiro atoms. The van der Waals surface area contributed by atoms with Crippen LogP contribution < -0.4 is 0 Å². The summed E-state index contributed by atoms with van der Waals surface area (Å²) >= 11 is 0. The quantitative estimate of drug-likeness (QED) is 0.0169. The van der Waals surface area contributed by atoms with Crippen molar-refractivity contribution in [1.29, 1.82) is 0 Å². The van der Waals surface area contributed by atoms with Crippen LogP contribution in [0.3, 0.4) is 0 Å². The van der Waals surface area contributed by atoms with Gasteiger partial charge in [0.25, 0.3) is 0 Å². The normalized spacial score (nSPS) is 14.3. The van der Waals surface area contributed by atoms with Gasteiger partial charge in [-0.2, -0.15) is 0 Å². The number of unbranched alkanes of at least 4 members (excludes halogenated alkanes) is 45. The molecule has 0 saturated heterocycles. The number of hydrogen-bond acceptors (Lipinski definition) is 15. The number of carbonyl (C=O) groups is 4. The van der Waals surface area contributed by atoms with Gasteiger partial charge in [0, 0.05) is 25.7 Å². The van der Waals surface area contributed by atoms with Crippen molar-refractivity contribution in [2.24, 2.45) is 11.8 Å². The number of allylic oxidation sites excluding steroid dienone is 4. The number of phosphoric acid groups is 2. The molecule has 3 N–H and O–H groups in total. The summed E-state index contributed by atoms with van der Waals surface area (Å²) in [4.78, 5) is 73.0. The molecular formula is C82H156O17P2. The first-order chi connectivity index (χ1) is 48.9. The van der Waals surface area contributed by atoms with Gasteiger partial charge in [-0.3, -0.25) is 37.3 Å². The summed E-state index contributed by atoms with van der Waals surface area (Å²) in [6, 6.07) is 0. The Labute approximate surface area is 618 Å². The predicted molar refractivity (Wildman–Crippen MR) is 414 cm³/mol. The van der Waals surface area contributed by atoms with Gasteiger partial charge in [-0.15, -0.1) is 0 Å². The Morgan fingerprint density at radius 1 is 0.327 bits per heavy atom. The van der Waals surface area contributed by atoms with Gasteiger partial charge < -0.3 is 33.8 Å². The van der Waals surface area contributed by atoms with E-state index in [1.807, 2.05) is 0 Å². The molecule has 17 nitrogen and oxygen atoms in total. The lowest BCUT2D eigenvalue weighted by molar-refractivity contribution is -0.161. The molecule has 0 aromatic rings. The lowest BCUT2D eigenvalue weighted by Crippen LogP contribution is -2.30. The molecule has 0 aliphatic carbocycles. The maximum Gasteiger partial charge on any atom is 0.472 e. The molecule has 0 fully saturated rings. The van der Waals surface area contributed by atoms with E-state index < -0.39 is 97.5 Å². The second kappa shape index (κ2) is 73.1. The van der Waals surface area contributed by atoms with Crippen molar-refractivity contribution in [3.05, 3.63) is 24.3 Å². The van der Waals surface area contributed by atoms with E-state index in [0.717, 1.165) is 121 Å². The van der Waals surface area contributed by atoms with Gasteiger partial charge in [-0.05, 0) is 63.2 Å². The van der Waals surface area contributed by atoms with Gasteiger partial charge >= 0.3 is 39.5 Å². The van der Waals surface area contributed by atoms with E-state index in [1.54, 1.807) is 0 Å². The van der Waals surface area contributed by atoms with Crippen molar-refractivity contribution in [2.45, 2.75) is 426 Å². The molecule has 0 rings (SSSR count). The van der Waals surface area contributed by atoms with Crippen molar-refractivity contribution in [3.63, 3.8) is 0 Å². The third kappa shape index (κ3) is 74.2. The minimum atomic E-state index is -4.97. The van der Waals surface area contributed by atoms with Crippen molar-refractivity contribution in [3.8, 4) is 0 Å².